The van der Waals surface area contributed by atoms with Crippen LogP contribution in [0.25, 0.3) is 11.4 Å². The highest BCUT2D eigenvalue weighted by Gasteiger charge is 2.44. The molecule has 0 unspecified atom stereocenters. The maximum Gasteiger partial charge on any atom is 0.261 e. The first kappa shape index (κ1) is 23.7. The highest BCUT2D eigenvalue weighted by molar-refractivity contribution is 7.92. The molecule has 3 aromatic carbocycles. The molecule has 2 N–H and O–H groups in total. The Kier molecular flexibility index (Phi) is 6.32. The van der Waals surface area contributed by atoms with Crippen molar-refractivity contribution in [1.29, 1.82) is 0 Å². The molecule has 9 heteroatoms. The number of carbonyl (C=O) groups is 1. The van der Waals surface area contributed by atoms with E-state index in [1.54, 1.807) is 36.4 Å². The van der Waals surface area contributed by atoms with E-state index < -0.39 is 10.0 Å². The Balaban J connectivity index is 1.23. The van der Waals surface area contributed by atoms with Crippen molar-refractivity contribution in [3.63, 3.8) is 0 Å². The third-order valence-corrected chi connectivity index (χ3v) is 7.68. The van der Waals surface area contributed by atoms with Crippen LogP contribution >= 0.6 is 0 Å². The molecule has 36 heavy (non-hydrogen) atoms. The molecule has 0 aliphatic heterocycles. The molecule has 0 bridgehead atoms. The number of carbonyl (C=O) groups excluding carboxylic acids is 1. The van der Waals surface area contributed by atoms with E-state index in [4.69, 9.17) is 4.52 Å². The average molecular weight is 503 g/mol. The van der Waals surface area contributed by atoms with Crippen molar-refractivity contribution in [2.45, 2.75) is 37.5 Å². The highest BCUT2D eigenvalue weighted by Crippen LogP contribution is 2.45. The van der Waals surface area contributed by atoms with Gasteiger partial charge in [0.15, 0.2) is 0 Å². The van der Waals surface area contributed by atoms with Crippen LogP contribution in [-0.4, -0.2) is 24.5 Å². The van der Waals surface area contributed by atoms with Gasteiger partial charge in [0.2, 0.25) is 17.6 Å². The fourth-order valence-electron chi connectivity index (χ4n) is 3.72. The van der Waals surface area contributed by atoms with E-state index in [0.717, 1.165) is 19.3 Å². The predicted octanol–water partition coefficient (Wildman–Crippen LogP) is 5.06. The Labute approximate surface area is 209 Å². The molecule has 1 fully saturated rings. The summed E-state index contributed by atoms with van der Waals surface area (Å²) >= 11 is 0. The van der Waals surface area contributed by atoms with E-state index in [1.165, 1.54) is 17.7 Å². The molecule has 4 aromatic rings. The number of amides is 1. The van der Waals surface area contributed by atoms with Crippen molar-refractivity contribution in [3.05, 3.63) is 90.3 Å². The Morgan fingerprint density at radius 3 is 2.39 bits per heavy atom. The summed E-state index contributed by atoms with van der Waals surface area (Å²) in [7, 11) is -3.83. The number of rotatable bonds is 9. The van der Waals surface area contributed by atoms with Gasteiger partial charge in [-0.25, -0.2) is 8.42 Å². The molecular formula is C27H26N4O4S. The molecule has 0 spiro atoms. The lowest BCUT2D eigenvalue weighted by atomic mass is 10.1. The molecule has 1 aliphatic carbocycles. The van der Waals surface area contributed by atoms with Crippen LogP contribution in [0.2, 0.25) is 0 Å². The fourth-order valence-corrected chi connectivity index (χ4v) is 4.77. The minimum atomic E-state index is -3.83. The molecule has 5 rings (SSSR count). The Morgan fingerprint density at radius 2 is 1.67 bits per heavy atom. The van der Waals surface area contributed by atoms with E-state index in [0.29, 0.717) is 35.1 Å². The summed E-state index contributed by atoms with van der Waals surface area (Å²) in [5, 5.41) is 6.89. The topological polar surface area (TPSA) is 114 Å². The number of hydrogen-bond donors (Lipinski definition) is 2. The van der Waals surface area contributed by atoms with Gasteiger partial charge in [-0.15, -0.1) is 0 Å². The molecule has 1 amide bonds. The molecule has 1 heterocycles. The minimum absolute atomic E-state index is 0.0530. The van der Waals surface area contributed by atoms with E-state index in [9.17, 15) is 13.2 Å². The minimum Gasteiger partial charge on any atom is -0.339 e. The first-order valence-corrected chi connectivity index (χ1v) is 13.2. The number of aryl methyl sites for hydroxylation is 2. The Bertz CT molecular complexity index is 1480. The SMILES string of the molecule is CC1(C(=O)Nc2cccc(NS(=O)(=O)c3ccc(-c4noc(CCc5ccccc5)n4)cc3)c2)CC1. The van der Waals surface area contributed by atoms with Crippen LogP contribution in [-0.2, 0) is 27.7 Å². The molecule has 8 nitrogen and oxygen atoms in total. The zero-order chi connectivity index (χ0) is 25.2. The van der Waals surface area contributed by atoms with Crippen LogP contribution in [0.5, 0.6) is 0 Å². The predicted molar refractivity (Wildman–Crippen MR) is 137 cm³/mol. The van der Waals surface area contributed by atoms with Crippen molar-refractivity contribution in [2.75, 3.05) is 10.0 Å². The number of aromatic nitrogens is 2. The highest BCUT2D eigenvalue weighted by atomic mass is 32.2. The zero-order valence-corrected chi connectivity index (χ0v) is 20.6. The molecule has 0 radical (unpaired) electrons. The Morgan fingerprint density at radius 1 is 0.944 bits per heavy atom. The van der Waals surface area contributed by atoms with Crippen LogP contribution in [0, 0.1) is 5.41 Å². The van der Waals surface area contributed by atoms with Gasteiger partial charge in [-0.05, 0) is 67.3 Å². The van der Waals surface area contributed by atoms with Crippen molar-refractivity contribution in [1.82, 2.24) is 10.1 Å². The second-order valence-electron chi connectivity index (χ2n) is 9.22. The van der Waals surface area contributed by atoms with Crippen LogP contribution in [0.3, 0.4) is 0 Å². The zero-order valence-electron chi connectivity index (χ0n) is 19.8. The van der Waals surface area contributed by atoms with Gasteiger partial charge in [-0.1, -0.05) is 48.5 Å². The van der Waals surface area contributed by atoms with E-state index in [-0.39, 0.29) is 16.2 Å². The molecule has 1 aromatic heterocycles. The number of benzene rings is 3. The number of nitrogens with zero attached hydrogens (tertiary/aromatic N) is 2. The maximum atomic E-state index is 12.9. The van der Waals surface area contributed by atoms with Crippen LogP contribution in [0.15, 0.2) is 88.3 Å². The first-order chi connectivity index (χ1) is 17.3. The molecule has 1 saturated carbocycles. The van der Waals surface area contributed by atoms with Crippen LogP contribution in [0.4, 0.5) is 11.4 Å². The third-order valence-electron chi connectivity index (χ3n) is 6.28. The summed E-state index contributed by atoms with van der Waals surface area (Å²) in [6.07, 6.45) is 3.13. The number of hydrogen-bond acceptors (Lipinski definition) is 6. The smallest absolute Gasteiger partial charge is 0.261 e. The second-order valence-corrected chi connectivity index (χ2v) is 10.9. The van der Waals surface area contributed by atoms with Crippen molar-refractivity contribution in [2.24, 2.45) is 5.41 Å². The summed E-state index contributed by atoms with van der Waals surface area (Å²) < 4.78 is 33.8. The molecule has 0 atom stereocenters. The van der Waals surface area contributed by atoms with Gasteiger partial charge in [-0.2, -0.15) is 4.98 Å². The van der Waals surface area contributed by atoms with Gasteiger partial charge in [0.05, 0.1) is 10.6 Å². The van der Waals surface area contributed by atoms with Crippen molar-refractivity contribution >= 4 is 27.3 Å². The third kappa shape index (κ3) is 5.46. The van der Waals surface area contributed by atoms with E-state index in [2.05, 4.69) is 20.2 Å². The van der Waals surface area contributed by atoms with E-state index in [1.807, 2.05) is 37.3 Å². The molecular weight excluding hydrogens is 476 g/mol. The fraction of sp³-hybridized carbons (Fsp3) is 0.222. The largest absolute Gasteiger partial charge is 0.339 e. The van der Waals surface area contributed by atoms with Gasteiger partial charge < -0.3 is 9.84 Å². The number of anilines is 2. The van der Waals surface area contributed by atoms with Crippen LogP contribution < -0.4 is 10.0 Å². The Hall–Kier alpha value is -3.98. The summed E-state index contributed by atoms with van der Waals surface area (Å²) in [4.78, 5) is 16.8. The summed E-state index contributed by atoms with van der Waals surface area (Å²) in [5.41, 5.74) is 2.42. The molecule has 0 saturated heterocycles. The summed E-state index contributed by atoms with van der Waals surface area (Å²) in [6.45, 7) is 1.92. The van der Waals surface area contributed by atoms with Gasteiger partial charge in [0, 0.05) is 23.1 Å². The van der Waals surface area contributed by atoms with Gasteiger partial charge in [-0.3, -0.25) is 9.52 Å². The van der Waals surface area contributed by atoms with E-state index >= 15 is 0 Å². The number of nitrogens with one attached hydrogen (secondary N) is 2. The van der Waals surface area contributed by atoms with Crippen molar-refractivity contribution < 1.29 is 17.7 Å². The monoisotopic (exact) mass is 502 g/mol. The lowest BCUT2D eigenvalue weighted by Crippen LogP contribution is -2.21. The lowest BCUT2D eigenvalue weighted by molar-refractivity contribution is -0.120. The summed E-state index contributed by atoms with van der Waals surface area (Å²) in [5.74, 6) is 0.875. The lowest BCUT2D eigenvalue weighted by Gasteiger charge is -2.12. The maximum absolute atomic E-state index is 12.9. The average Bonchev–Trinajstić information content (AvgIpc) is 3.46. The quantitative estimate of drug-likeness (QED) is 0.331. The van der Waals surface area contributed by atoms with Crippen LogP contribution in [0.1, 0.15) is 31.2 Å². The van der Waals surface area contributed by atoms with Gasteiger partial charge >= 0.3 is 0 Å². The van der Waals surface area contributed by atoms with Gasteiger partial charge in [0.25, 0.3) is 10.0 Å². The van der Waals surface area contributed by atoms with Gasteiger partial charge in [0.1, 0.15) is 0 Å². The molecule has 1 aliphatic rings. The second kappa shape index (κ2) is 9.58. The standard InChI is InChI=1S/C27H26N4O4S/c1-27(16-17-27)26(32)28-21-8-5-9-22(18-21)31-36(33,34)23-13-11-20(12-14-23)25-29-24(35-30-25)15-10-19-6-3-2-4-7-19/h2-9,11-14,18,31H,10,15-17H2,1H3,(H,28,32). The molecule has 184 valence electrons. The normalized spacial score (nSPS) is 14.2. The summed E-state index contributed by atoms with van der Waals surface area (Å²) in [6, 6.07) is 23.0. The van der Waals surface area contributed by atoms with Crippen molar-refractivity contribution in [3.8, 4) is 11.4 Å². The number of sulfonamides is 1. The first-order valence-electron chi connectivity index (χ1n) is 11.7.